The third-order valence-electron chi connectivity index (χ3n) is 4.75. The minimum absolute atomic E-state index is 0.335. The number of esters is 1. The van der Waals surface area contributed by atoms with E-state index in [2.05, 4.69) is 10.3 Å². The van der Waals surface area contributed by atoms with E-state index in [1.54, 1.807) is 12.3 Å². The lowest BCUT2D eigenvalue weighted by Crippen LogP contribution is -2.30. The molecule has 1 aromatic heterocycles. The predicted octanol–water partition coefficient (Wildman–Crippen LogP) is 2.92. The van der Waals surface area contributed by atoms with Gasteiger partial charge in [0, 0.05) is 29.8 Å². The van der Waals surface area contributed by atoms with Crippen LogP contribution < -0.4 is 14.8 Å². The number of rotatable bonds is 7. The Morgan fingerprint density at radius 1 is 1.06 bits per heavy atom. The van der Waals surface area contributed by atoms with Crippen molar-refractivity contribution in [3.05, 3.63) is 71.9 Å². The van der Waals surface area contributed by atoms with Gasteiger partial charge in [-0.05, 0) is 36.3 Å². The topological polar surface area (TPSA) is 86.8 Å². The molecule has 0 fully saturated rings. The van der Waals surface area contributed by atoms with Gasteiger partial charge in [0.2, 0.25) is 0 Å². The third-order valence-corrected chi connectivity index (χ3v) is 4.75. The van der Waals surface area contributed by atoms with Crippen LogP contribution in [0.2, 0.25) is 0 Å². The van der Waals surface area contributed by atoms with Crippen molar-refractivity contribution >= 4 is 28.9 Å². The molecule has 158 valence electrons. The average molecular weight is 418 g/mol. The second-order valence-electron chi connectivity index (χ2n) is 6.94. The summed E-state index contributed by atoms with van der Waals surface area (Å²) < 4.78 is 16.1. The van der Waals surface area contributed by atoms with Gasteiger partial charge in [-0.2, -0.15) is 0 Å². The molecule has 3 aromatic rings. The number of fused-ring (bicyclic) bond motifs is 2. The standard InChI is InChI=1S/C24H22N2O5/c27-22(25-12-10-17-6-8-20-21(15-17)30-14-13-29-20)16-31-23(28)9-7-19-4-1-3-18-5-2-11-26-24(18)19/h1-9,11,15H,10,12-14,16H2,(H,25,27). The van der Waals surface area contributed by atoms with E-state index in [4.69, 9.17) is 14.2 Å². The minimum atomic E-state index is -0.588. The summed E-state index contributed by atoms with van der Waals surface area (Å²) in [5, 5.41) is 3.72. The first-order valence-electron chi connectivity index (χ1n) is 10.0. The Morgan fingerprint density at radius 2 is 1.90 bits per heavy atom. The molecule has 1 aliphatic heterocycles. The summed E-state index contributed by atoms with van der Waals surface area (Å²) in [6.07, 6.45) is 5.26. The summed E-state index contributed by atoms with van der Waals surface area (Å²) >= 11 is 0. The van der Waals surface area contributed by atoms with E-state index in [-0.39, 0.29) is 12.5 Å². The number of nitrogens with zero attached hydrogens (tertiary/aromatic N) is 1. The van der Waals surface area contributed by atoms with Crippen molar-refractivity contribution in [3.63, 3.8) is 0 Å². The fraction of sp³-hybridized carbons (Fsp3) is 0.208. The second-order valence-corrected chi connectivity index (χ2v) is 6.94. The summed E-state index contributed by atoms with van der Waals surface area (Å²) in [4.78, 5) is 28.2. The fourth-order valence-corrected chi connectivity index (χ4v) is 3.25. The molecular weight excluding hydrogens is 396 g/mol. The van der Waals surface area contributed by atoms with Crippen LogP contribution in [0.3, 0.4) is 0 Å². The zero-order valence-corrected chi connectivity index (χ0v) is 16.9. The number of pyridine rings is 1. The molecule has 0 aliphatic carbocycles. The normalized spacial score (nSPS) is 12.6. The van der Waals surface area contributed by atoms with Gasteiger partial charge in [0.1, 0.15) is 13.2 Å². The van der Waals surface area contributed by atoms with E-state index in [0.717, 1.165) is 33.5 Å². The summed E-state index contributed by atoms with van der Waals surface area (Å²) in [5.74, 6) is 0.511. The molecule has 2 aromatic carbocycles. The molecule has 0 saturated heterocycles. The van der Waals surface area contributed by atoms with Gasteiger partial charge >= 0.3 is 5.97 Å². The lowest BCUT2D eigenvalue weighted by Gasteiger charge is -2.18. The lowest BCUT2D eigenvalue weighted by molar-refractivity contribution is -0.143. The highest BCUT2D eigenvalue weighted by molar-refractivity contribution is 5.93. The van der Waals surface area contributed by atoms with Gasteiger partial charge in [-0.3, -0.25) is 9.78 Å². The van der Waals surface area contributed by atoms with Crippen LogP contribution in [0, 0.1) is 0 Å². The summed E-state index contributed by atoms with van der Waals surface area (Å²) in [6.45, 7) is 1.17. The van der Waals surface area contributed by atoms with E-state index in [1.807, 2.05) is 48.5 Å². The van der Waals surface area contributed by atoms with Crippen molar-refractivity contribution in [1.29, 1.82) is 0 Å². The molecule has 2 heterocycles. The SMILES string of the molecule is O=C(COC(=O)C=Cc1cccc2cccnc12)NCCc1ccc2c(c1)OCCO2. The van der Waals surface area contributed by atoms with Crippen LogP contribution in [-0.2, 0) is 20.7 Å². The lowest BCUT2D eigenvalue weighted by atomic mass is 10.1. The van der Waals surface area contributed by atoms with Crippen LogP contribution >= 0.6 is 0 Å². The van der Waals surface area contributed by atoms with E-state index < -0.39 is 5.97 Å². The first kappa shape index (κ1) is 20.4. The third kappa shape index (κ3) is 5.39. The van der Waals surface area contributed by atoms with Crippen molar-refractivity contribution in [1.82, 2.24) is 10.3 Å². The molecule has 0 bridgehead atoms. The fourth-order valence-electron chi connectivity index (χ4n) is 3.25. The van der Waals surface area contributed by atoms with Crippen LogP contribution in [0.4, 0.5) is 0 Å². The second kappa shape index (κ2) is 9.75. The van der Waals surface area contributed by atoms with Crippen LogP contribution in [0.15, 0.2) is 60.8 Å². The van der Waals surface area contributed by atoms with Crippen molar-refractivity contribution in [2.24, 2.45) is 0 Å². The number of aromatic nitrogens is 1. The number of ether oxygens (including phenoxy) is 3. The van der Waals surface area contributed by atoms with Crippen molar-refractivity contribution in [2.75, 3.05) is 26.4 Å². The highest BCUT2D eigenvalue weighted by atomic mass is 16.6. The molecular formula is C24H22N2O5. The van der Waals surface area contributed by atoms with Gasteiger partial charge in [-0.1, -0.05) is 30.3 Å². The molecule has 7 nitrogen and oxygen atoms in total. The Kier molecular flexibility index (Phi) is 6.42. The summed E-state index contributed by atoms with van der Waals surface area (Å²) in [7, 11) is 0. The van der Waals surface area contributed by atoms with Gasteiger partial charge in [0.15, 0.2) is 18.1 Å². The van der Waals surface area contributed by atoms with Crippen LogP contribution in [0.25, 0.3) is 17.0 Å². The number of carbonyl (C=O) groups is 2. The van der Waals surface area contributed by atoms with Crippen molar-refractivity contribution in [2.45, 2.75) is 6.42 Å². The molecule has 1 aliphatic rings. The maximum absolute atomic E-state index is 12.0. The zero-order chi connectivity index (χ0) is 21.5. The van der Waals surface area contributed by atoms with Gasteiger partial charge < -0.3 is 19.5 Å². The van der Waals surface area contributed by atoms with E-state index >= 15 is 0 Å². The van der Waals surface area contributed by atoms with E-state index in [1.165, 1.54) is 6.08 Å². The number of carbonyl (C=O) groups excluding carboxylic acids is 2. The number of para-hydroxylation sites is 1. The first-order valence-corrected chi connectivity index (χ1v) is 10.0. The monoisotopic (exact) mass is 418 g/mol. The van der Waals surface area contributed by atoms with Crippen molar-refractivity contribution < 1.29 is 23.8 Å². The van der Waals surface area contributed by atoms with Crippen LogP contribution in [0.1, 0.15) is 11.1 Å². The molecule has 0 atom stereocenters. The maximum Gasteiger partial charge on any atom is 0.331 e. The Hall–Kier alpha value is -3.87. The molecule has 1 N–H and O–H groups in total. The number of nitrogens with one attached hydrogen (secondary N) is 1. The molecule has 0 saturated carbocycles. The number of amides is 1. The predicted molar refractivity (Wildman–Crippen MR) is 116 cm³/mol. The average Bonchev–Trinajstić information content (AvgIpc) is 2.81. The van der Waals surface area contributed by atoms with Crippen molar-refractivity contribution in [3.8, 4) is 11.5 Å². The smallest absolute Gasteiger partial charge is 0.331 e. The van der Waals surface area contributed by atoms with Crippen LogP contribution in [-0.4, -0.2) is 43.2 Å². The Labute approximate surface area is 179 Å². The van der Waals surface area contributed by atoms with Gasteiger partial charge in [0.05, 0.1) is 5.52 Å². The minimum Gasteiger partial charge on any atom is -0.486 e. The Morgan fingerprint density at radius 3 is 2.81 bits per heavy atom. The molecule has 7 heteroatoms. The Balaban J connectivity index is 1.21. The molecule has 0 unspecified atom stereocenters. The molecule has 0 radical (unpaired) electrons. The Bertz CT molecular complexity index is 1120. The van der Waals surface area contributed by atoms with E-state index in [0.29, 0.717) is 26.2 Å². The van der Waals surface area contributed by atoms with Gasteiger partial charge in [0.25, 0.3) is 5.91 Å². The summed E-state index contributed by atoms with van der Waals surface area (Å²) in [6, 6.07) is 15.2. The first-order chi connectivity index (χ1) is 15.2. The number of benzene rings is 2. The molecule has 0 spiro atoms. The van der Waals surface area contributed by atoms with Crippen LogP contribution in [0.5, 0.6) is 11.5 Å². The maximum atomic E-state index is 12.0. The molecule has 1 amide bonds. The molecule has 4 rings (SSSR count). The highest BCUT2D eigenvalue weighted by Crippen LogP contribution is 2.30. The number of hydrogen-bond donors (Lipinski definition) is 1. The van der Waals surface area contributed by atoms with E-state index in [9.17, 15) is 9.59 Å². The number of hydrogen-bond acceptors (Lipinski definition) is 6. The van der Waals surface area contributed by atoms with Gasteiger partial charge in [-0.15, -0.1) is 0 Å². The highest BCUT2D eigenvalue weighted by Gasteiger charge is 2.12. The largest absolute Gasteiger partial charge is 0.486 e. The summed E-state index contributed by atoms with van der Waals surface area (Å²) in [5.41, 5.74) is 2.62. The molecule has 31 heavy (non-hydrogen) atoms. The van der Waals surface area contributed by atoms with Gasteiger partial charge in [-0.25, -0.2) is 4.79 Å². The zero-order valence-electron chi connectivity index (χ0n) is 16.9. The quantitative estimate of drug-likeness (QED) is 0.469.